The van der Waals surface area contributed by atoms with Gasteiger partial charge in [0.1, 0.15) is 0 Å². The molecule has 0 spiro atoms. The zero-order valence-electron chi connectivity index (χ0n) is 10.5. The third kappa shape index (κ3) is 2.01. The Hall–Kier alpha value is -1.78. The number of nitrogens with zero attached hydrogens (tertiary/aromatic N) is 2. The van der Waals surface area contributed by atoms with E-state index in [-0.39, 0.29) is 10.0 Å². The van der Waals surface area contributed by atoms with Crippen LogP contribution >= 0.6 is 23.2 Å². The zero-order chi connectivity index (χ0) is 14.4. The summed E-state index contributed by atoms with van der Waals surface area (Å²) in [6, 6.07) is 8.72. The van der Waals surface area contributed by atoms with Crippen LogP contribution in [0.3, 0.4) is 0 Å². The number of rotatable bonds is 1. The van der Waals surface area contributed by atoms with Crippen molar-refractivity contribution in [1.29, 1.82) is 0 Å². The number of aryl methyl sites for hydroxylation is 1. The van der Waals surface area contributed by atoms with Crippen molar-refractivity contribution in [2.24, 2.45) is 0 Å². The molecule has 0 radical (unpaired) electrons. The van der Waals surface area contributed by atoms with Crippen LogP contribution in [0.2, 0.25) is 10.0 Å². The third-order valence-corrected chi connectivity index (χ3v) is 3.61. The number of anilines is 1. The van der Waals surface area contributed by atoms with Crippen molar-refractivity contribution in [2.75, 3.05) is 5.73 Å². The molecule has 1 heterocycles. The molecule has 102 valence electrons. The minimum Gasteiger partial charge on any atom is -0.369 e. The summed E-state index contributed by atoms with van der Waals surface area (Å²) in [5.41, 5.74) is 9.18. The molecule has 2 N–H and O–H groups in total. The van der Waals surface area contributed by atoms with Crippen LogP contribution in [0, 0.1) is 12.7 Å². The number of imidazole rings is 1. The summed E-state index contributed by atoms with van der Waals surface area (Å²) < 4.78 is 15.2. The Bertz CT molecular complexity index is 804. The van der Waals surface area contributed by atoms with E-state index in [1.807, 2.05) is 25.1 Å². The summed E-state index contributed by atoms with van der Waals surface area (Å²) in [5, 5.41) is -0.110. The summed E-state index contributed by atoms with van der Waals surface area (Å²) in [4.78, 5) is 4.29. The van der Waals surface area contributed by atoms with E-state index in [9.17, 15) is 4.39 Å². The van der Waals surface area contributed by atoms with Gasteiger partial charge in [0.25, 0.3) is 0 Å². The number of hydrogen-bond donors (Lipinski definition) is 1. The molecule has 3 nitrogen and oxygen atoms in total. The van der Waals surface area contributed by atoms with E-state index in [0.29, 0.717) is 11.6 Å². The highest BCUT2D eigenvalue weighted by Gasteiger charge is 2.14. The fraction of sp³-hybridized carbons (Fsp3) is 0.0714. The molecule has 0 unspecified atom stereocenters. The van der Waals surface area contributed by atoms with Crippen molar-refractivity contribution in [2.45, 2.75) is 6.92 Å². The summed E-state index contributed by atoms with van der Waals surface area (Å²) >= 11 is 11.7. The lowest BCUT2D eigenvalue weighted by molar-refractivity contribution is 0.628. The third-order valence-electron chi connectivity index (χ3n) is 3.06. The molecule has 1 aromatic heterocycles. The topological polar surface area (TPSA) is 43.8 Å². The molecule has 0 atom stereocenters. The highest BCUT2D eigenvalue weighted by molar-refractivity contribution is 6.35. The minimum atomic E-state index is -0.643. The summed E-state index contributed by atoms with van der Waals surface area (Å²) in [5.74, 6) is -0.347. The Kier molecular flexibility index (Phi) is 3.07. The van der Waals surface area contributed by atoms with Crippen LogP contribution < -0.4 is 5.73 Å². The summed E-state index contributed by atoms with van der Waals surface area (Å²) in [6.07, 6.45) is 0. The van der Waals surface area contributed by atoms with Crippen molar-refractivity contribution in [3.63, 3.8) is 0 Å². The van der Waals surface area contributed by atoms with Crippen LogP contribution in [-0.4, -0.2) is 9.55 Å². The maximum atomic E-state index is 13.5. The van der Waals surface area contributed by atoms with Gasteiger partial charge in [-0.2, -0.15) is 0 Å². The van der Waals surface area contributed by atoms with Crippen LogP contribution in [0.25, 0.3) is 16.7 Å². The van der Waals surface area contributed by atoms with Crippen molar-refractivity contribution < 1.29 is 4.39 Å². The molecular formula is C14H10Cl2FN3. The number of hydrogen-bond acceptors (Lipinski definition) is 2. The van der Waals surface area contributed by atoms with Crippen LogP contribution in [0.4, 0.5) is 10.3 Å². The average molecular weight is 310 g/mol. The monoisotopic (exact) mass is 309 g/mol. The summed E-state index contributed by atoms with van der Waals surface area (Å²) in [6.45, 7) is 1.97. The summed E-state index contributed by atoms with van der Waals surface area (Å²) in [7, 11) is 0. The SMILES string of the molecule is Cc1ccc2c(c1)nc(N)n2-c1cc(Cl)c(F)c(Cl)c1. The van der Waals surface area contributed by atoms with Gasteiger partial charge < -0.3 is 5.73 Å². The molecule has 0 aliphatic rings. The largest absolute Gasteiger partial charge is 0.369 e. The van der Waals surface area contributed by atoms with Gasteiger partial charge in [-0.05, 0) is 36.8 Å². The standard InChI is InChI=1S/C14H10Cl2FN3/c1-7-2-3-12-11(4-7)19-14(18)20(12)8-5-9(15)13(17)10(16)6-8/h2-6H,1H3,(H2,18,19). The molecule has 6 heteroatoms. The van der Waals surface area contributed by atoms with Gasteiger partial charge in [0.05, 0.1) is 26.8 Å². The molecule has 0 saturated carbocycles. The number of benzene rings is 2. The lowest BCUT2D eigenvalue weighted by Gasteiger charge is -2.08. The van der Waals surface area contributed by atoms with Gasteiger partial charge in [0.2, 0.25) is 5.95 Å². The second-order valence-electron chi connectivity index (χ2n) is 4.52. The van der Waals surface area contributed by atoms with E-state index in [4.69, 9.17) is 28.9 Å². The second kappa shape index (κ2) is 4.65. The number of nitrogens with two attached hydrogens (primary N) is 1. The smallest absolute Gasteiger partial charge is 0.205 e. The van der Waals surface area contributed by atoms with Gasteiger partial charge in [-0.1, -0.05) is 29.3 Å². The molecule has 0 aliphatic carbocycles. The van der Waals surface area contributed by atoms with Gasteiger partial charge in [-0.25, -0.2) is 9.37 Å². The first-order valence-corrected chi connectivity index (χ1v) is 6.62. The molecular weight excluding hydrogens is 300 g/mol. The second-order valence-corrected chi connectivity index (χ2v) is 5.34. The Balaban J connectivity index is 2.32. The maximum absolute atomic E-state index is 13.5. The number of halogens is 3. The van der Waals surface area contributed by atoms with E-state index < -0.39 is 5.82 Å². The average Bonchev–Trinajstić information content (AvgIpc) is 2.70. The van der Waals surface area contributed by atoms with E-state index >= 15 is 0 Å². The molecule has 3 aromatic rings. The van der Waals surface area contributed by atoms with Crippen LogP contribution in [0.5, 0.6) is 0 Å². The molecule has 3 rings (SSSR count). The van der Waals surface area contributed by atoms with Crippen LogP contribution in [-0.2, 0) is 0 Å². The molecule has 0 amide bonds. The molecule has 2 aromatic carbocycles. The van der Waals surface area contributed by atoms with Crippen molar-refractivity contribution >= 4 is 40.2 Å². The van der Waals surface area contributed by atoms with E-state index in [1.54, 1.807) is 4.57 Å². The maximum Gasteiger partial charge on any atom is 0.205 e. The van der Waals surface area contributed by atoms with E-state index in [0.717, 1.165) is 16.6 Å². The minimum absolute atomic E-state index is 0.0548. The van der Waals surface area contributed by atoms with Crippen LogP contribution in [0.1, 0.15) is 5.56 Å². The highest BCUT2D eigenvalue weighted by atomic mass is 35.5. The predicted molar refractivity (Wildman–Crippen MR) is 80.2 cm³/mol. The van der Waals surface area contributed by atoms with Crippen molar-refractivity contribution in [1.82, 2.24) is 9.55 Å². The normalized spacial score (nSPS) is 11.2. The van der Waals surface area contributed by atoms with Gasteiger partial charge >= 0.3 is 0 Å². The van der Waals surface area contributed by atoms with Gasteiger partial charge in [0, 0.05) is 0 Å². The Morgan fingerprint density at radius 1 is 1.15 bits per heavy atom. The zero-order valence-corrected chi connectivity index (χ0v) is 12.0. The fourth-order valence-electron chi connectivity index (χ4n) is 2.15. The first-order valence-electron chi connectivity index (χ1n) is 5.87. The molecule has 0 saturated heterocycles. The molecule has 0 fully saturated rings. The first-order chi connectivity index (χ1) is 9.47. The predicted octanol–water partition coefficient (Wildman–Crippen LogP) is 4.36. The van der Waals surface area contributed by atoms with E-state index in [1.165, 1.54) is 12.1 Å². The quantitative estimate of drug-likeness (QED) is 0.679. The van der Waals surface area contributed by atoms with Crippen molar-refractivity contribution in [3.05, 3.63) is 51.8 Å². The van der Waals surface area contributed by atoms with Gasteiger partial charge in [-0.15, -0.1) is 0 Å². The molecule has 0 bridgehead atoms. The lowest BCUT2D eigenvalue weighted by Crippen LogP contribution is -2.01. The first kappa shape index (κ1) is 13.2. The number of nitrogen functional groups attached to an aromatic ring is 1. The van der Waals surface area contributed by atoms with Gasteiger partial charge in [-0.3, -0.25) is 4.57 Å². The Morgan fingerprint density at radius 3 is 2.45 bits per heavy atom. The number of aromatic nitrogens is 2. The van der Waals surface area contributed by atoms with E-state index in [2.05, 4.69) is 4.98 Å². The number of fused-ring (bicyclic) bond motifs is 1. The Labute approximate surface area is 124 Å². The van der Waals surface area contributed by atoms with Crippen molar-refractivity contribution in [3.8, 4) is 5.69 Å². The highest BCUT2D eigenvalue weighted by Crippen LogP contribution is 2.30. The van der Waals surface area contributed by atoms with Gasteiger partial charge in [0.15, 0.2) is 5.82 Å². The molecule has 0 aliphatic heterocycles. The molecule has 20 heavy (non-hydrogen) atoms. The fourth-order valence-corrected chi connectivity index (χ4v) is 2.63. The lowest BCUT2D eigenvalue weighted by atomic mass is 10.2. The van der Waals surface area contributed by atoms with Crippen LogP contribution in [0.15, 0.2) is 30.3 Å². The Morgan fingerprint density at radius 2 is 1.80 bits per heavy atom.